The largest absolute Gasteiger partial charge is 0.348 e. The number of nitro benzene ring substituents is 1. The maximum absolute atomic E-state index is 12.3. The number of ether oxygens (including phenoxy) is 2. The van der Waals surface area contributed by atoms with E-state index in [1.165, 1.54) is 12.1 Å². The van der Waals surface area contributed by atoms with Crippen molar-refractivity contribution in [3.63, 3.8) is 0 Å². The van der Waals surface area contributed by atoms with Crippen molar-refractivity contribution in [3.05, 3.63) is 75.8 Å². The smallest absolute Gasteiger partial charge is 0.269 e. The van der Waals surface area contributed by atoms with Gasteiger partial charge < -0.3 is 14.8 Å². The van der Waals surface area contributed by atoms with Crippen molar-refractivity contribution in [1.82, 2.24) is 5.32 Å². The first-order valence-electron chi connectivity index (χ1n) is 8.47. The van der Waals surface area contributed by atoms with E-state index in [4.69, 9.17) is 9.47 Å². The highest BCUT2D eigenvalue weighted by molar-refractivity contribution is 5.94. The van der Waals surface area contributed by atoms with E-state index in [2.05, 4.69) is 5.32 Å². The SMILES string of the molecule is O=C(N[C@H]1CCCO[C@@H](c2cccc([N+](=O)[O-])c2)OC1)c1ccccc1. The van der Waals surface area contributed by atoms with Gasteiger partial charge in [0.1, 0.15) is 0 Å². The van der Waals surface area contributed by atoms with Crippen molar-refractivity contribution in [2.45, 2.75) is 25.2 Å². The molecule has 7 nitrogen and oxygen atoms in total. The lowest BCUT2D eigenvalue weighted by atomic mass is 10.1. The number of carbonyl (C=O) groups is 1. The highest BCUT2D eigenvalue weighted by Gasteiger charge is 2.22. The van der Waals surface area contributed by atoms with Crippen molar-refractivity contribution in [2.75, 3.05) is 13.2 Å². The predicted molar refractivity (Wildman–Crippen MR) is 94.7 cm³/mol. The molecule has 0 aromatic heterocycles. The van der Waals surface area contributed by atoms with Crippen molar-refractivity contribution in [1.29, 1.82) is 0 Å². The van der Waals surface area contributed by atoms with Gasteiger partial charge in [-0.2, -0.15) is 0 Å². The number of nitrogens with zero attached hydrogens (tertiary/aromatic N) is 1. The molecule has 1 fully saturated rings. The predicted octanol–water partition coefficient (Wildman–Crippen LogP) is 3.22. The Labute approximate surface area is 151 Å². The van der Waals surface area contributed by atoms with Gasteiger partial charge in [0.05, 0.1) is 24.2 Å². The molecule has 26 heavy (non-hydrogen) atoms. The van der Waals surface area contributed by atoms with Crippen LogP contribution >= 0.6 is 0 Å². The minimum absolute atomic E-state index is 0.00862. The highest BCUT2D eigenvalue weighted by Crippen LogP contribution is 2.25. The Morgan fingerprint density at radius 1 is 1.12 bits per heavy atom. The zero-order valence-corrected chi connectivity index (χ0v) is 14.2. The number of hydrogen-bond acceptors (Lipinski definition) is 5. The highest BCUT2D eigenvalue weighted by atomic mass is 16.7. The van der Waals surface area contributed by atoms with Gasteiger partial charge >= 0.3 is 0 Å². The normalized spacial score (nSPS) is 20.6. The quantitative estimate of drug-likeness (QED) is 0.671. The molecule has 0 saturated carbocycles. The number of hydrogen-bond donors (Lipinski definition) is 1. The average molecular weight is 356 g/mol. The van der Waals surface area contributed by atoms with Crippen LogP contribution in [0.2, 0.25) is 0 Å². The van der Waals surface area contributed by atoms with E-state index < -0.39 is 11.2 Å². The molecule has 1 aliphatic rings. The standard InChI is InChI=1S/C19H20N2O5/c22-18(14-6-2-1-3-7-14)20-16-9-5-11-25-19(26-13-16)15-8-4-10-17(12-15)21(23)24/h1-4,6-8,10,12,16,19H,5,9,11,13H2,(H,20,22)/t16-,19+/m0/s1. The summed E-state index contributed by atoms with van der Waals surface area (Å²) in [6.07, 6.45) is 0.806. The van der Waals surface area contributed by atoms with Gasteiger partial charge in [0.15, 0.2) is 6.29 Å². The number of amides is 1. The Morgan fingerprint density at radius 2 is 1.92 bits per heavy atom. The van der Waals surface area contributed by atoms with Gasteiger partial charge in [0.25, 0.3) is 11.6 Å². The minimum atomic E-state index is -0.689. The first kappa shape index (κ1) is 18.0. The van der Waals surface area contributed by atoms with E-state index >= 15 is 0 Å². The molecule has 0 unspecified atom stereocenters. The first-order valence-corrected chi connectivity index (χ1v) is 8.47. The molecule has 7 heteroatoms. The van der Waals surface area contributed by atoms with Crippen LogP contribution in [-0.4, -0.2) is 30.1 Å². The zero-order chi connectivity index (χ0) is 18.4. The summed E-state index contributed by atoms with van der Waals surface area (Å²) in [7, 11) is 0. The Hall–Kier alpha value is -2.77. The van der Waals surface area contributed by atoms with Crippen LogP contribution in [0, 0.1) is 10.1 Å². The van der Waals surface area contributed by atoms with Crippen LogP contribution in [0.1, 0.15) is 35.1 Å². The second-order valence-electron chi connectivity index (χ2n) is 6.07. The van der Waals surface area contributed by atoms with Gasteiger partial charge in [0.2, 0.25) is 0 Å². The van der Waals surface area contributed by atoms with E-state index in [1.807, 2.05) is 18.2 Å². The molecule has 1 heterocycles. The van der Waals surface area contributed by atoms with Gasteiger partial charge in [-0.3, -0.25) is 14.9 Å². The Balaban J connectivity index is 1.64. The average Bonchev–Trinajstić information content (AvgIpc) is 2.65. The summed E-state index contributed by atoms with van der Waals surface area (Å²) in [5.74, 6) is -0.146. The van der Waals surface area contributed by atoms with Crippen LogP contribution in [0.15, 0.2) is 54.6 Å². The molecule has 2 atom stereocenters. The fourth-order valence-corrected chi connectivity index (χ4v) is 2.80. The lowest BCUT2D eigenvalue weighted by Crippen LogP contribution is -2.39. The van der Waals surface area contributed by atoms with Crippen LogP contribution in [0.25, 0.3) is 0 Å². The van der Waals surface area contributed by atoms with Gasteiger partial charge in [-0.1, -0.05) is 30.3 Å². The van der Waals surface area contributed by atoms with Crippen molar-refractivity contribution in [2.24, 2.45) is 0 Å². The number of rotatable bonds is 4. The van der Waals surface area contributed by atoms with Crippen LogP contribution < -0.4 is 5.32 Å². The van der Waals surface area contributed by atoms with Crippen molar-refractivity contribution in [3.8, 4) is 0 Å². The lowest BCUT2D eigenvalue weighted by molar-refractivity contribution is -0.385. The number of nitro groups is 1. The third kappa shape index (κ3) is 4.65. The summed E-state index contributed by atoms with van der Waals surface area (Å²) in [4.78, 5) is 22.8. The second kappa shape index (κ2) is 8.55. The Bertz CT molecular complexity index is 766. The summed E-state index contributed by atoms with van der Waals surface area (Å²) in [6.45, 7) is 0.719. The number of non-ortho nitro benzene ring substituents is 1. The molecule has 0 spiro atoms. The van der Waals surface area contributed by atoms with E-state index in [1.54, 1.807) is 24.3 Å². The molecule has 0 aliphatic carbocycles. The van der Waals surface area contributed by atoms with Crippen molar-refractivity contribution >= 4 is 11.6 Å². The molecule has 0 radical (unpaired) electrons. The molecule has 2 aromatic carbocycles. The van der Waals surface area contributed by atoms with Gasteiger partial charge in [-0.15, -0.1) is 0 Å². The van der Waals surface area contributed by atoms with Crippen LogP contribution in [0.4, 0.5) is 5.69 Å². The number of benzene rings is 2. The molecular formula is C19H20N2O5. The second-order valence-corrected chi connectivity index (χ2v) is 6.07. The van der Waals surface area contributed by atoms with Crippen molar-refractivity contribution < 1.29 is 19.2 Å². The topological polar surface area (TPSA) is 90.7 Å². The molecule has 2 aromatic rings. The fourth-order valence-electron chi connectivity index (χ4n) is 2.80. The molecular weight excluding hydrogens is 336 g/mol. The Morgan fingerprint density at radius 3 is 2.69 bits per heavy atom. The summed E-state index contributed by atoms with van der Waals surface area (Å²) < 4.78 is 11.5. The van der Waals surface area contributed by atoms with E-state index in [-0.39, 0.29) is 24.2 Å². The lowest BCUT2D eigenvalue weighted by Gasteiger charge is -2.27. The third-order valence-electron chi connectivity index (χ3n) is 4.14. The first-order chi connectivity index (χ1) is 12.6. The number of nitrogens with one attached hydrogen (secondary N) is 1. The Kier molecular flexibility index (Phi) is 5.93. The van der Waals surface area contributed by atoms with E-state index in [0.29, 0.717) is 17.7 Å². The summed E-state index contributed by atoms with van der Waals surface area (Å²) in [5.41, 5.74) is 1.18. The molecule has 1 N–H and O–H groups in total. The summed E-state index contributed by atoms with van der Waals surface area (Å²) in [6, 6.07) is 15.1. The van der Waals surface area contributed by atoms with Gasteiger partial charge in [-0.05, 0) is 25.0 Å². The molecule has 3 rings (SSSR count). The van der Waals surface area contributed by atoms with E-state index in [9.17, 15) is 14.9 Å². The monoisotopic (exact) mass is 356 g/mol. The van der Waals surface area contributed by atoms with Crippen LogP contribution in [-0.2, 0) is 9.47 Å². The molecule has 1 amide bonds. The molecule has 136 valence electrons. The van der Waals surface area contributed by atoms with E-state index in [0.717, 1.165) is 12.8 Å². The maximum atomic E-state index is 12.3. The van der Waals surface area contributed by atoms with Gasteiger partial charge in [0, 0.05) is 23.3 Å². The third-order valence-corrected chi connectivity index (χ3v) is 4.14. The minimum Gasteiger partial charge on any atom is -0.348 e. The van der Waals surface area contributed by atoms with Gasteiger partial charge in [-0.25, -0.2) is 0 Å². The summed E-state index contributed by atoms with van der Waals surface area (Å²) >= 11 is 0. The zero-order valence-electron chi connectivity index (χ0n) is 14.2. The van der Waals surface area contributed by atoms with Crippen LogP contribution in [0.5, 0.6) is 0 Å². The molecule has 0 bridgehead atoms. The fraction of sp³-hybridized carbons (Fsp3) is 0.316. The van der Waals surface area contributed by atoms with Crippen LogP contribution in [0.3, 0.4) is 0 Å². The maximum Gasteiger partial charge on any atom is 0.269 e. The molecule has 1 saturated heterocycles. The summed E-state index contributed by atoms with van der Waals surface area (Å²) in [5, 5.41) is 13.9. The molecule has 1 aliphatic heterocycles. The number of carbonyl (C=O) groups excluding carboxylic acids is 1.